The maximum atomic E-state index is 11.9. The predicted molar refractivity (Wildman–Crippen MR) is 75.3 cm³/mol. The van der Waals surface area contributed by atoms with Crippen molar-refractivity contribution in [3.05, 3.63) is 32.9 Å². The molecular formula is C11H14N4O2S2. The smallest absolute Gasteiger partial charge is 0.340 e. The zero-order valence-electron chi connectivity index (χ0n) is 10.6. The molecular weight excluding hydrogens is 284 g/mol. The van der Waals surface area contributed by atoms with Crippen molar-refractivity contribution in [3.63, 3.8) is 0 Å². The van der Waals surface area contributed by atoms with Gasteiger partial charge in [-0.05, 0) is 11.4 Å². The van der Waals surface area contributed by atoms with Crippen LogP contribution in [0, 0.1) is 0 Å². The zero-order chi connectivity index (χ0) is 13.8. The SMILES string of the molecule is CN(Cc1cccs1)C(=O)CSc1n[nH]c(=O)n1C. The van der Waals surface area contributed by atoms with Crippen LogP contribution in [0.25, 0.3) is 0 Å². The second-order valence-corrected chi connectivity index (χ2v) is 5.96. The number of aromatic nitrogens is 3. The van der Waals surface area contributed by atoms with E-state index in [1.165, 1.54) is 16.3 Å². The van der Waals surface area contributed by atoms with E-state index in [1.54, 1.807) is 30.3 Å². The van der Waals surface area contributed by atoms with Crippen LogP contribution in [0.5, 0.6) is 0 Å². The van der Waals surface area contributed by atoms with Crippen molar-refractivity contribution in [2.75, 3.05) is 12.8 Å². The van der Waals surface area contributed by atoms with E-state index in [2.05, 4.69) is 10.2 Å². The van der Waals surface area contributed by atoms with Gasteiger partial charge in [-0.25, -0.2) is 9.89 Å². The number of hydrogen-bond donors (Lipinski definition) is 1. The molecule has 0 saturated heterocycles. The Morgan fingerprint density at radius 2 is 2.42 bits per heavy atom. The van der Waals surface area contributed by atoms with Gasteiger partial charge in [-0.15, -0.1) is 16.4 Å². The van der Waals surface area contributed by atoms with E-state index in [9.17, 15) is 9.59 Å². The molecule has 6 nitrogen and oxygen atoms in total. The van der Waals surface area contributed by atoms with Crippen molar-refractivity contribution in [1.29, 1.82) is 0 Å². The van der Waals surface area contributed by atoms with Crippen LogP contribution in [-0.2, 0) is 18.4 Å². The van der Waals surface area contributed by atoms with Gasteiger partial charge in [-0.3, -0.25) is 9.36 Å². The highest BCUT2D eigenvalue weighted by atomic mass is 32.2. The highest BCUT2D eigenvalue weighted by Crippen LogP contribution is 2.15. The summed E-state index contributed by atoms with van der Waals surface area (Å²) in [6, 6.07) is 3.96. The molecule has 102 valence electrons. The summed E-state index contributed by atoms with van der Waals surface area (Å²) in [5.41, 5.74) is -0.276. The number of H-pyrrole nitrogens is 1. The molecule has 2 heterocycles. The topological polar surface area (TPSA) is 71.0 Å². The number of aromatic amines is 1. The number of thioether (sulfide) groups is 1. The Bertz CT molecular complexity index is 602. The van der Waals surface area contributed by atoms with E-state index in [0.717, 1.165) is 4.88 Å². The van der Waals surface area contributed by atoms with E-state index in [0.29, 0.717) is 11.7 Å². The predicted octanol–water partition coefficient (Wildman–Crippen LogP) is 0.921. The minimum absolute atomic E-state index is 0.00819. The van der Waals surface area contributed by atoms with Crippen LogP contribution < -0.4 is 5.69 Å². The number of carbonyl (C=O) groups is 1. The monoisotopic (exact) mass is 298 g/mol. The Labute approximate surface area is 118 Å². The molecule has 0 aliphatic carbocycles. The van der Waals surface area contributed by atoms with E-state index in [4.69, 9.17) is 0 Å². The highest BCUT2D eigenvalue weighted by molar-refractivity contribution is 7.99. The van der Waals surface area contributed by atoms with Gasteiger partial charge in [-0.1, -0.05) is 17.8 Å². The summed E-state index contributed by atoms with van der Waals surface area (Å²) in [4.78, 5) is 25.9. The largest absolute Gasteiger partial charge is 0.343 e. The molecule has 0 atom stereocenters. The maximum Gasteiger partial charge on any atom is 0.343 e. The summed E-state index contributed by atoms with van der Waals surface area (Å²) in [5, 5.41) is 8.69. The third-order valence-electron chi connectivity index (χ3n) is 2.56. The Morgan fingerprint density at radius 3 is 3.00 bits per heavy atom. The summed E-state index contributed by atoms with van der Waals surface area (Å²) < 4.78 is 1.39. The number of rotatable bonds is 5. The second kappa shape index (κ2) is 6.07. The average molecular weight is 298 g/mol. The van der Waals surface area contributed by atoms with Gasteiger partial charge >= 0.3 is 5.69 Å². The normalized spacial score (nSPS) is 10.6. The molecule has 0 fully saturated rings. The van der Waals surface area contributed by atoms with Crippen molar-refractivity contribution in [2.45, 2.75) is 11.7 Å². The fourth-order valence-corrected chi connectivity index (χ4v) is 3.04. The van der Waals surface area contributed by atoms with Crippen molar-refractivity contribution in [2.24, 2.45) is 7.05 Å². The first-order valence-corrected chi connectivity index (χ1v) is 7.45. The quantitative estimate of drug-likeness (QED) is 0.833. The first-order valence-electron chi connectivity index (χ1n) is 5.58. The number of thiophene rings is 1. The minimum atomic E-state index is -0.276. The maximum absolute atomic E-state index is 11.9. The molecule has 0 unspecified atom stereocenters. The highest BCUT2D eigenvalue weighted by Gasteiger charge is 2.13. The molecule has 0 spiro atoms. The summed E-state index contributed by atoms with van der Waals surface area (Å²) >= 11 is 2.88. The first-order chi connectivity index (χ1) is 9.08. The molecule has 2 aromatic heterocycles. The number of nitrogens with zero attached hydrogens (tertiary/aromatic N) is 3. The third kappa shape index (κ3) is 3.48. The molecule has 19 heavy (non-hydrogen) atoms. The number of carbonyl (C=O) groups excluding carboxylic acids is 1. The van der Waals surface area contributed by atoms with Crippen LogP contribution in [0.4, 0.5) is 0 Å². The van der Waals surface area contributed by atoms with E-state index >= 15 is 0 Å². The van der Waals surface area contributed by atoms with Gasteiger partial charge in [0.15, 0.2) is 5.16 Å². The lowest BCUT2D eigenvalue weighted by Crippen LogP contribution is -2.27. The summed E-state index contributed by atoms with van der Waals surface area (Å²) in [6.07, 6.45) is 0. The molecule has 0 radical (unpaired) electrons. The first kappa shape index (κ1) is 13.9. The fraction of sp³-hybridized carbons (Fsp3) is 0.364. The molecule has 8 heteroatoms. The number of hydrogen-bond acceptors (Lipinski definition) is 5. The van der Waals surface area contributed by atoms with E-state index in [-0.39, 0.29) is 17.3 Å². The molecule has 1 amide bonds. The molecule has 2 aromatic rings. The lowest BCUT2D eigenvalue weighted by atomic mass is 10.4. The van der Waals surface area contributed by atoms with Crippen LogP contribution in [0.2, 0.25) is 0 Å². The van der Waals surface area contributed by atoms with Crippen molar-refractivity contribution < 1.29 is 4.79 Å². The summed E-state index contributed by atoms with van der Waals surface area (Å²) in [6.45, 7) is 0.608. The van der Waals surface area contributed by atoms with Gasteiger partial charge < -0.3 is 4.90 Å². The van der Waals surface area contributed by atoms with E-state index in [1.807, 2.05) is 17.5 Å². The molecule has 0 aliphatic rings. The molecule has 0 bridgehead atoms. The Hall–Kier alpha value is -1.54. The van der Waals surface area contributed by atoms with Crippen molar-refractivity contribution in [3.8, 4) is 0 Å². The van der Waals surface area contributed by atoms with Gasteiger partial charge in [0.1, 0.15) is 0 Å². The second-order valence-electron chi connectivity index (χ2n) is 3.99. The molecule has 0 aromatic carbocycles. The Balaban J connectivity index is 1.87. The zero-order valence-corrected chi connectivity index (χ0v) is 12.3. The molecule has 0 aliphatic heterocycles. The van der Waals surface area contributed by atoms with Crippen LogP contribution in [0.1, 0.15) is 4.88 Å². The van der Waals surface area contributed by atoms with Crippen LogP contribution in [0.3, 0.4) is 0 Å². The van der Waals surface area contributed by atoms with Gasteiger partial charge in [0.2, 0.25) is 5.91 Å². The van der Waals surface area contributed by atoms with Gasteiger partial charge in [0.05, 0.1) is 12.3 Å². The van der Waals surface area contributed by atoms with Crippen LogP contribution >= 0.6 is 23.1 Å². The standard InChI is InChI=1S/C11H14N4O2S2/c1-14(6-8-4-3-5-18-8)9(16)7-19-11-13-12-10(17)15(11)2/h3-5H,6-7H2,1-2H3,(H,12,17). The van der Waals surface area contributed by atoms with Crippen molar-refractivity contribution in [1.82, 2.24) is 19.7 Å². The van der Waals surface area contributed by atoms with Crippen molar-refractivity contribution >= 4 is 29.0 Å². The summed E-state index contributed by atoms with van der Waals surface area (Å²) in [5.74, 6) is 0.272. The number of nitrogens with one attached hydrogen (secondary N) is 1. The number of amides is 1. The molecule has 2 rings (SSSR count). The lowest BCUT2D eigenvalue weighted by molar-refractivity contribution is -0.127. The van der Waals surface area contributed by atoms with Crippen LogP contribution in [0.15, 0.2) is 27.5 Å². The fourth-order valence-electron chi connectivity index (χ4n) is 1.42. The Kier molecular flexibility index (Phi) is 4.43. The van der Waals surface area contributed by atoms with E-state index < -0.39 is 0 Å². The Morgan fingerprint density at radius 1 is 1.63 bits per heavy atom. The van der Waals surface area contributed by atoms with Gasteiger partial charge in [0.25, 0.3) is 0 Å². The lowest BCUT2D eigenvalue weighted by Gasteiger charge is -2.15. The van der Waals surface area contributed by atoms with Gasteiger partial charge in [-0.2, -0.15) is 0 Å². The molecule has 0 saturated carbocycles. The third-order valence-corrected chi connectivity index (χ3v) is 4.44. The molecule has 1 N–H and O–H groups in total. The summed E-state index contributed by atoms with van der Waals surface area (Å²) in [7, 11) is 3.39. The van der Waals surface area contributed by atoms with Gasteiger partial charge in [0, 0.05) is 19.0 Å². The average Bonchev–Trinajstić information content (AvgIpc) is 2.99. The minimum Gasteiger partial charge on any atom is -0.340 e. The van der Waals surface area contributed by atoms with Crippen LogP contribution in [-0.4, -0.2) is 38.4 Å².